The minimum absolute atomic E-state index is 0.104. The van der Waals surface area contributed by atoms with Gasteiger partial charge in [0.2, 0.25) is 0 Å². The largest absolute Gasteiger partial charge is 0.444 e. The van der Waals surface area contributed by atoms with Gasteiger partial charge in [0.15, 0.2) is 0 Å². The van der Waals surface area contributed by atoms with E-state index < -0.39 is 5.60 Å². The molecule has 0 N–H and O–H groups in total. The number of benzene rings is 1. The Labute approximate surface area is 132 Å². The first-order valence-corrected chi connectivity index (χ1v) is 8.06. The highest BCUT2D eigenvalue weighted by Gasteiger charge is 2.40. The number of carbonyl (C=O) groups excluding carboxylic acids is 1. The fraction of sp³-hybridized carbons (Fsp3) is 0.611. The maximum absolute atomic E-state index is 12.1. The van der Waals surface area contributed by atoms with Crippen LogP contribution in [-0.4, -0.2) is 35.3 Å². The summed E-state index contributed by atoms with van der Waals surface area (Å²) in [4.78, 5) is 14.0. The highest BCUT2D eigenvalue weighted by Crippen LogP contribution is 2.36. The van der Waals surface area contributed by atoms with Gasteiger partial charge in [-0.15, -0.1) is 0 Å². The van der Waals surface area contributed by atoms with Crippen LogP contribution in [-0.2, 0) is 22.5 Å². The number of amides is 1. The summed E-state index contributed by atoms with van der Waals surface area (Å²) in [6.45, 7) is 7.79. The minimum atomic E-state index is -0.438. The molecule has 1 spiro atoms. The number of rotatable bonds is 0. The summed E-state index contributed by atoms with van der Waals surface area (Å²) in [5.41, 5.74) is 2.14. The molecule has 0 aromatic heterocycles. The van der Waals surface area contributed by atoms with Gasteiger partial charge < -0.3 is 14.4 Å². The Balaban J connectivity index is 1.62. The number of hydrogen-bond acceptors (Lipinski definition) is 3. The molecule has 0 bridgehead atoms. The Morgan fingerprint density at radius 3 is 2.45 bits per heavy atom. The lowest BCUT2D eigenvalue weighted by molar-refractivity contribution is -0.102. The van der Waals surface area contributed by atoms with Gasteiger partial charge in [-0.1, -0.05) is 24.3 Å². The number of nitrogens with zero attached hydrogens (tertiary/aromatic N) is 1. The van der Waals surface area contributed by atoms with E-state index in [1.807, 2.05) is 20.8 Å². The minimum Gasteiger partial charge on any atom is -0.444 e. The van der Waals surface area contributed by atoms with Crippen LogP contribution in [0.5, 0.6) is 0 Å². The van der Waals surface area contributed by atoms with Crippen LogP contribution in [0.3, 0.4) is 0 Å². The molecule has 4 nitrogen and oxygen atoms in total. The first-order chi connectivity index (χ1) is 10.4. The third-order valence-corrected chi connectivity index (χ3v) is 4.49. The van der Waals surface area contributed by atoms with Crippen molar-refractivity contribution in [2.75, 3.05) is 13.1 Å². The van der Waals surface area contributed by atoms with Crippen molar-refractivity contribution in [2.45, 2.75) is 57.8 Å². The fourth-order valence-electron chi connectivity index (χ4n) is 3.24. The van der Waals surface area contributed by atoms with Gasteiger partial charge >= 0.3 is 6.09 Å². The van der Waals surface area contributed by atoms with Gasteiger partial charge in [-0.3, -0.25) is 0 Å². The third kappa shape index (κ3) is 3.27. The molecule has 1 saturated heterocycles. The molecule has 0 saturated carbocycles. The first kappa shape index (κ1) is 15.3. The van der Waals surface area contributed by atoms with Gasteiger partial charge in [0, 0.05) is 19.5 Å². The van der Waals surface area contributed by atoms with Crippen LogP contribution >= 0.6 is 0 Å². The van der Waals surface area contributed by atoms with E-state index in [-0.39, 0.29) is 11.7 Å². The summed E-state index contributed by atoms with van der Waals surface area (Å²) < 4.78 is 11.6. The Morgan fingerprint density at radius 2 is 1.82 bits per heavy atom. The molecule has 1 amide bonds. The number of likely N-dealkylation sites (tertiary alicyclic amines) is 1. The summed E-state index contributed by atoms with van der Waals surface area (Å²) in [5, 5.41) is 0. The Morgan fingerprint density at radius 1 is 1.18 bits per heavy atom. The second-order valence-corrected chi connectivity index (χ2v) is 7.38. The van der Waals surface area contributed by atoms with E-state index in [9.17, 15) is 4.79 Å². The number of fused-ring (bicyclic) bond motifs is 1. The molecule has 0 atom stereocenters. The van der Waals surface area contributed by atoms with Crippen LogP contribution in [0.1, 0.15) is 44.7 Å². The van der Waals surface area contributed by atoms with Crippen LogP contribution in [0.25, 0.3) is 0 Å². The average Bonchev–Trinajstić information content (AvgIpc) is 2.46. The number of piperidine rings is 1. The summed E-state index contributed by atoms with van der Waals surface area (Å²) >= 11 is 0. The van der Waals surface area contributed by atoms with E-state index >= 15 is 0 Å². The molecule has 1 aromatic carbocycles. The maximum Gasteiger partial charge on any atom is 0.410 e. The molecule has 2 heterocycles. The zero-order chi connectivity index (χ0) is 15.8. The highest BCUT2D eigenvalue weighted by molar-refractivity contribution is 5.68. The molecular weight excluding hydrogens is 278 g/mol. The summed E-state index contributed by atoms with van der Waals surface area (Å²) in [5.74, 6) is 0. The van der Waals surface area contributed by atoms with Gasteiger partial charge in [-0.2, -0.15) is 0 Å². The van der Waals surface area contributed by atoms with Crippen molar-refractivity contribution in [1.29, 1.82) is 0 Å². The van der Waals surface area contributed by atoms with E-state index in [4.69, 9.17) is 9.47 Å². The van der Waals surface area contributed by atoms with Gasteiger partial charge in [0.25, 0.3) is 0 Å². The van der Waals surface area contributed by atoms with E-state index in [1.54, 1.807) is 4.90 Å². The number of ether oxygens (including phenoxy) is 2. The normalized spacial score (nSPS) is 20.6. The smallest absolute Gasteiger partial charge is 0.410 e. The molecule has 120 valence electrons. The quantitative estimate of drug-likeness (QED) is 0.736. The van der Waals surface area contributed by atoms with E-state index in [1.165, 1.54) is 11.1 Å². The molecule has 1 fully saturated rings. The molecule has 0 unspecified atom stereocenters. The Bertz CT molecular complexity index is 554. The number of hydrogen-bond donors (Lipinski definition) is 0. The van der Waals surface area contributed by atoms with E-state index in [0.717, 1.165) is 19.3 Å². The van der Waals surface area contributed by atoms with E-state index in [0.29, 0.717) is 19.7 Å². The Kier molecular flexibility index (Phi) is 3.89. The molecule has 22 heavy (non-hydrogen) atoms. The van der Waals surface area contributed by atoms with E-state index in [2.05, 4.69) is 24.3 Å². The monoisotopic (exact) mass is 303 g/mol. The van der Waals surface area contributed by atoms with Crippen molar-refractivity contribution >= 4 is 6.09 Å². The summed E-state index contributed by atoms with van der Waals surface area (Å²) in [6, 6.07) is 8.48. The van der Waals surface area contributed by atoms with Crippen molar-refractivity contribution in [2.24, 2.45) is 0 Å². The van der Waals surface area contributed by atoms with Gasteiger partial charge in [0.1, 0.15) is 5.60 Å². The molecular formula is C18H25NO3. The van der Waals surface area contributed by atoms with Crippen molar-refractivity contribution < 1.29 is 14.3 Å². The second kappa shape index (κ2) is 5.58. The third-order valence-electron chi connectivity index (χ3n) is 4.49. The molecule has 1 aromatic rings. The van der Waals surface area contributed by atoms with Crippen LogP contribution in [0.2, 0.25) is 0 Å². The van der Waals surface area contributed by atoms with Crippen LogP contribution in [0, 0.1) is 0 Å². The lowest BCUT2D eigenvalue weighted by Crippen LogP contribution is -2.51. The van der Waals surface area contributed by atoms with Crippen LogP contribution < -0.4 is 0 Å². The lowest BCUT2D eigenvalue weighted by atomic mass is 9.82. The molecule has 2 aliphatic heterocycles. The predicted octanol–water partition coefficient (Wildman–Crippen LogP) is 3.53. The first-order valence-electron chi connectivity index (χ1n) is 8.06. The van der Waals surface area contributed by atoms with Crippen LogP contribution in [0.15, 0.2) is 24.3 Å². The van der Waals surface area contributed by atoms with Gasteiger partial charge in [-0.05, 0) is 44.7 Å². The predicted molar refractivity (Wildman–Crippen MR) is 84.7 cm³/mol. The zero-order valence-corrected chi connectivity index (χ0v) is 13.7. The highest BCUT2D eigenvalue weighted by atomic mass is 16.6. The zero-order valence-electron chi connectivity index (χ0n) is 13.7. The van der Waals surface area contributed by atoms with Crippen molar-refractivity contribution in [3.05, 3.63) is 35.4 Å². The summed E-state index contributed by atoms with van der Waals surface area (Å²) in [6.07, 6.45) is 2.49. The lowest BCUT2D eigenvalue weighted by Gasteiger charge is -2.44. The topological polar surface area (TPSA) is 38.8 Å². The standard InChI is InChI=1S/C18H25NO3/c1-17(2,3)22-16(20)19-10-8-18(9-11-19)12-14-6-4-5-7-15(14)13-21-18/h4-7H,8-13H2,1-3H3. The van der Waals surface area contributed by atoms with Gasteiger partial charge in [0.05, 0.1) is 12.2 Å². The fourth-order valence-corrected chi connectivity index (χ4v) is 3.24. The van der Waals surface area contributed by atoms with Crippen molar-refractivity contribution in [3.63, 3.8) is 0 Å². The molecule has 3 rings (SSSR count). The van der Waals surface area contributed by atoms with Crippen molar-refractivity contribution in [1.82, 2.24) is 4.90 Å². The second-order valence-electron chi connectivity index (χ2n) is 7.38. The molecule has 4 heteroatoms. The van der Waals surface area contributed by atoms with Gasteiger partial charge in [-0.25, -0.2) is 4.79 Å². The average molecular weight is 303 g/mol. The molecule has 0 aliphatic carbocycles. The SMILES string of the molecule is CC(C)(C)OC(=O)N1CCC2(CC1)Cc1ccccc1CO2. The molecule has 0 radical (unpaired) electrons. The maximum atomic E-state index is 12.1. The Hall–Kier alpha value is -1.55. The molecule has 2 aliphatic rings. The van der Waals surface area contributed by atoms with Crippen LogP contribution in [0.4, 0.5) is 4.79 Å². The number of carbonyl (C=O) groups is 1. The summed E-state index contributed by atoms with van der Waals surface area (Å²) in [7, 11) is 0. The van der Waals surface area contributed by atoms with Crippen molar-refractivity contribution in [3.8, 4) is 0 Å².